The Hall–Kier alpha value is -3.82. The highest BCUT2D eigenvalue weighted by atomic mass is 16.2. The lowest BCUT2D eigenvalue weighted by Crippen LogP contribution is -2.34. The Morgan fingerprint density at radius 2 is 2.06 bits per heavy atom. The monoisotopic (exact) mass is 443 g/mol. The summed E-state index contributed by atoms with van der Waals surface area (Å²) in [6.07, 6.45) is 6.24. The van der Waals surface area contributed by atoms with E-state index in [-0.39, 0.29) is 17.4 Å². The van der Waals surface area contributed by atoms with Gasteiger partial charge < -0.3 is 15.5 Å². The Labute approximate surface area is 190 Å². The van der Waals surface area contributed by atoms with Crippen LogP contribution in [0.3, 0.4) is 0 Å². The number of rotatable bonds is 5. The van der Waals surface area contributed by atoms with Gasteiger partial charge in [-0.1, -0.05) is 6.92 Å². The quantitative estimate of drug-likeness (QED) is 0.484. The number of amides is 1. The van der Waals surface area contributed by atoms with Gasteiger partial charge in [-0.15, -0.1) is 5.10 Å². The highest BCUT2D eigenvalue weighted by Gasteiger charge is 2.68. The molecule has 10 nitrogen and oxygen atoms in total. The second-order valence-corrected chi connectivity index (χ2v) is 8.87. The molecule has 168 valence electrons. The van der Waals surface area contributed by atoms with Crippen LogP contribution in [0.1, 0.15) is 20.3 Å². The third kappa shape index (κ3) is 2.93. The highest BCUT2D eigenvalue weighted by molar-refractivity contribution is 5.89. The smallest absolute Gasteiger partial charge is 0.243 e. The fourth-order valence-corrected chi connectivity index (χ4v) is 5.43. The number of carbonyl (C=O) groups excluding carboxylic acids is 1. The Balaban J connectivity index is 1.33. The molecular formula is C23H25N9O. The molecule has 2 fully saturated rings. The van der Waals surface area contributed by atoms with Crippen molar-refractivity contribution in [2.75, 3.05) is 30.8 Å². The Kier molecular flexibility index (Phi) is 4.26. The maximum absolute atomic E-state index is 11.8. The number of likely N-dealkylation sites (tertiary alicyclic amines) is 1. The van der Waals surface area contributed by atoms with Crippen molar-refractivity contribution in [1.29, 1.82) is 0 Å². The van der Waals surface area contributed by atoms with Gasteiger partial charge in [-0.05, 0) is 24.6 Å². The van der Waals surface area contributed by atoms with E-state index in [2.05, 4.69) is 32.5 Å². The maximum Gasteiger partial charge on any atom is 0.243 e. The van der Waals surface area contributed by atoms with Crippen LogP contribution in [0, 0.1) is 11.3 Å². The normalized spacial score (nSPS) is 23.7. The zero-order valence-corrected chi connectivity index (χ0v) is 18.8. The molecule has 4 aromatic rings. The maximum atomic E-state index is 11.8. The molecule has 1 aliphatic carbocycles. The Morgan fingerprint density at radius 3 is 2.82 bits per heavy atom. The predicted molar refractivity (Wildman–Crippen MR) is 125 cm³/mol. The van der Waals surface area contributed by atoms with Crippen LogP contribution in [0.15, 0.2) is 36.8 Å². The molecular weight excluding hydrogens is 418 g/mol. The lowest BCUT2D eigenvalue weighted by Gasteiger charge is -2.22. The van der Waals surface area contributed by atoms with Gasteiger partial charge in [0.25, 0.3) is 0 Å². The molecule has 0 radical (unpaired) electrons. The van der Waals surface area contributed by atoms with Crippen molar-refractivity contribution in [3.63, 3.8) is 0 Å². The number of piperidine rings is 1. The number of aromatic nitrogens is 6. The van der Waals surface area contributed by atoms with Gasteiger partial charge in [-0.2, -0.15) is 4.98 Å². The van der Waals surface area contributed by atoms with Gasteiger partial charge >= 0.3 is 0 Å². The van der Waals surface area contributed by atoms with Crippen LogP contribution in [-0.2, 0) is 4.79 Å². The lowest BCUT2D eigenvalue weighted by molar-refractivity contribution is -0.128. The third-order valence-corrected chi connectivity index (χ3v) is 7.30. The minimum absolute atomic E-state index is 0.113. The molecule has 0 bridgehead atoms. The van der Waals surface area contributed by atoms with Crippen LogP contribution in [0.25, 0.3) is 27.9 Å². The van der Waals surface area contributed by atoms with E-state index in [1.807, 2.05) is 40.9 Å². The van der Waals surface area contributed by atoms with Crippen molar-refractivity contribution in [1.82, 2.24) is 34.4 Å². The van der Waals surface area contributed by atoms with Crippen molar-refractivity contribution in [2.45, 2.75) is 26.3 Å². The minimum atomic E-state index is 0.113. The number of nitrogens with one attached hydrogen (secondary N) is 2. The number of fused-ring (bicyclic) bond motifs is 3. The average Bonchev–Trinajstić information content (AvgIpc) is 3.16. The number of anilines is 2. The summed E-state index contributed by atoms with van der Waals surface area (Å²) in [5, 5.41) is 11.5. The largest absolute Gasteiger partial charge is 0.371 e. The van der Waals surface area contributed by atoms with Crippen LogP contribution >= 0.6 is 0 Å². The first-order valence-electron chi connectivity index (χ1n) is 11.2. The summed E-state index contributed by atoms with van der Waals surface area (Å²) in [5.74, 6) is 1.88. The molecule has 1 amide bonds. The molecule has 10 heteroatoms. The van der Waals surface area contributed by atoms with Gasteiger partial charge in [-0.25, -0.2) is 14.5 Å². The molecule has 0 unspecified atom stereocenters. The lowest BCUT2D eigenvalue weighted by atomic mass is 10.0. The molecule has 3 atom stereocenters. The fourth-order valence-electron chi connectivity index (χ4n) is 5.43. The van der Waals surface area contributed by atoms with Gasteiger partial charge in [0.1, 0.15) is 11.0 Å². The van der Waals surface area contributed by atoms with E-state index < -0.39 is 0 Å². The topological polar surface area (TPSA) is 113 Å². The van der Waals surface area contributed by atoms with Crippen molar-refractivity contribution in [3.05, 3.63) is 36.8 Å². The number of pyridine rings is 1. The van der Waals surface area contributed by atoms with E-state index in [0.717, 1.165) is 47.6 Å². The third-order valence-electron chi connectivity index (χ3n) is 7.30. The van der Waals surface area contributed by atoms with Crippen LogP contribution in [0.2, 0.25) is 0 Å². The van der Waals surface area contributed by atoms with Crippen molar-refractivity contribution < 1.29 is 4.79 Å². The molecule has 1 saturated heterocycles. The van der Waals surface area contributed by atoms with Crippen LogP contribution in [0.5, 0.6) is 0 Å². The first-order valence-corrected chi connectivity index (χ1v) is 11.2. The summed E-state index contributed by atoms with van der Waals surface area (Å²) >= 11 is 0. The van der Waals surface area contributed by atoms with E-state index in [1.165, 1.54) is 0 Å². The molecule has 2 N–H and O–H groups in total. The van der Waals surface area contributed by atoms with E-state index in [9.17, 15) is 4.79 Å². The summed E-state index contributed by atoms with van der Waals surface area (Å²) in [4.78, 5) is 31.9. The fraction of sp³-hybridized carbons (Fsp3) is 0.391. The van der Waals surface area contributed by atoms with Gasteiger partial charge in [0.2, 0.25) is 11.9 Å². The number of hydrogen-bond acceptors (Lipinski definition) is 8. The molecule has 0 spiro atoms. The minimum Gasteiger partial charge on any atom is -0.371 e. The highest BCUT2D eigenvalue weighted by Crippen LogP contribution is 2.60. The first-order chi connectivity index (χ1) is 16.0. The Morgan fingerprint density at radius 1 is 1.21 bits per heavy atom. The first kappa shape index (κ1) is 19.8. The van der Waals surface area contributed by atoms with Crippen LogP contribution in [0.4, 0.5) is 11.8 Å². The number of nitrogens with zero attached hydrogens (tertiary/aromatic N) is 7. The predicted octanol–water partition coefficient (Wildman–Crippen LogP) is 2.45. The summed E-state index contributed by atoms with van der Waals surface area (Å²) < 4.78 is 1.83. The number of hydrogen-bond donors (Lipinski definition) is 2. The van der Waals surface area contributed by atoms with Crippen molar-refractivity contribution in [3.8, 4) is 11.3 Å². The van der Waals surface area contributed by atoms with E-state index >= 15 is 0 Å². The van der Waals surface area contributed by atoms with Crippen LogP contribution < -0.4 is 10.6 Å². The Bertz CT molecular complexity index is 1400. The molecule has 6 rings (SSSR count). The van der Waals surface area contributed by atoms with Gasteiger partial charge in [-0.3, -0.25) is 9.78 Å². The second kappa shape index (κ2) is 7.09. The van der Waals surface area contributed by atoms with E-state index in [0.29, 0.717) is 17.5 Å². The van der Waals surface area contributed by atoms with E-state index in [1.54, 1.807) is 19.3 Å². The van der Waals surface area contributed by atoms with Gasteiger partial charge in [0, 0.05) is 68.6 Å². The standard InChI is InChI=1S/C23H25N9O/c1-4-23-12-31(13(2)33)11-15(23)19(23)28-22-29-21(24-3)18-14(7-10-32(18)30-22)16-5-6-17-20(27-16)26-9-8-25-17/h5-10,15,19H,4,11-12H2,1-3H3,(H2,24,28,29,30)/t15-,19+,23-/m1/s1. The number of carbonyl (C=O) groups is 1. The summed E-state index contributed by atoms with van der Waals surface area (Å²) in [5.41, 5.74) is 4.03. The van der Waals surface area contributed by atoms with E-state index in [4.69, 9.17) is 10.1 Å². The van der Waals surface area contributed by atoms with Gasteiger partial charge in [0.15, 0.2) is 11.5 Å². The van der Waals surface area contributed by atoms with Crippen molar-refractivity contribution >= 4 is 34.4 Å². The molecule has 1 aliphatic heterocycles. The molecule has 1 saturated carbocycles. The molecule has 4 aromatic heterocycles. The zero-order valence-electron chi connectivity index (χ0n) is 18.8. The summed E-state index contributed by atoms with van der Waals surface area (Å²) in [6.45, 7) is 5.44. The molecule has 0 aromatic carbocycles. The average molecular weight is 444 g/mol. The SMILES string of the molecule is CC[C@@]12CN(C(C)=O)C[C@@H]1[C@@H]2Nc1nc(NC)c2c(-c3ccc4nccnc4n3)ccn2n1. The molecule has 2 aliphatic rings. The summed E-state index contributed by atoms with van der Waals surface area (Å²) in [6, 6.07) is 6.12. The zero-order chi connectivity index (χ0) is 22.7. The van der Waals surface area contributed by atoms with Crippen molar-refractivity contribution in [2.24, 2.45) is 11.3 Å². The molecule has 33 heavy (non-hydrogen) atoms. The van der Waals surface area contributed by atoms with Gasteiger partial charge in [0.05, 0.1) is 5.69 Å². The molecule has 5 heterocycles. The second-order valence-electron chi connectivity index (χ2n) is 8.87. The van der Waals surface area contributed by atoms with Crippen LogP contribution in [-0.4, -0.2) is 66.5 Å². The summed E-state index contributed by atoms with van der Waals surface area (Å²) in [7, 11) is 1.85.